The third kappa shape index (κ3) is 4.02. The van der Waals surface area contributed by atoms with Crippen molar-refractivity contribution in [3.8, 4) is 0 Å². The van der Waals surface area contributed by atoms with Gasteiger partial charge in [-0.05, 0) is 55.9 Å². The second kappa shape index (κ2) is 7.70. The zero-order valence-corrected chi connectivity index (χ0v) is 17.5. The first-order chi connectivity index (χ1) is 13.0. The predicted molar refractivity (Wildman–Crippen MR) is 112 cm³/mol. The van der Waals surface area contributed by atoms with E-state index in [0.29, 0.717) is 26.5 Å². The fourth-order valence-electron chi connectivity index (χ4n) is 4.01. The molecule has 1 aromatic carbocycles. The van der Waals surface area contributed by atoms with Gasteiger partial charge in [-0.15, -0.1) is 0 Å². The summed E-state index contributed by atoms with van der Waals surface area (Å²) in [6.07, 6.45) is 3.72. The van der Waals surface area contributed by atoms with Gasteiger partial charge in [0.15, 0.2) is 0 Å². The Morgan fingerprint density at radius 1 is 1.19 bits per heavy atom. The number of aromatic nitrogens is 1. The number of nitrogens with one attached hydrogen (secondary N) is 1. The second-order valence-corrected chi connectivity index (χ2v) is 9.37. The Balaban J connectivity index is 1.46. The van der Waals surface area contributed by atoms with Crippen LogP contribution in [-0.4, -0.2) is 30.8 Å². The number of aromatic amines is 1. The van der Waals surface area contributed by atoms with E-state index in [-0.39, 0.29) is 5.56 Å². The van der Waals surface area contributed by atoms with Crippen LogP contribution in [0.25, 0.3) is 0 Å². The Morgan fingerprint density at radius 3 is 2.63 bits per heavy atom. The number of hydrogen-bond donors (Lipinski definition) is 1. The highest BCUT2D eigenvalue weighted by atomic mass is 35.5. The van der Waals surface area contributed by atoms with E-state index in [1.807, 2.05) is 24.3 Å². The maximum Gasteiger partial charge on any atom is 0.263 e. The molecule has 0 bridgehead atoms. The standard InChI is InChI=1S/C20H22Cl2N2O2S/c1-13-11-20(12-26-13)7-9-24(10-8-20)17-6-5-16(19(25)23-17)27-15-4-2-3-14(21)18(15)22/h2-6,13H,7-12H2,1H3,(H,23,25)/t13-/m0/s1. The number of anilines is 1. The van der Waals surface area contributed by atoms with Crippen molar-refractivity contribution in [1.82, 2.24) is 4.98 Å². The van der Waals surface area contributed by atoms with Gasteiger partial charge in [-0.2, -0.15) is 0 Å². The summed E-state index contributed by atoms with van der Waals surface area (Å²) in [6, 6.07) is 9.27. The summed E-state index contributed by atoms with van der Waals surface area (Å²) in [7, 11) is 0. The summed E-state index contributed by atoms with van der Waals surface area (Å²) < 4.78 is 5.80. The van der Waals surface area contributed by atoms with Crippen LogP contribution in [0.3, 0.4) is 0 Å². The van der Waals surface area contributed by atoms with Gasteiger partial charge in [-0.3, -0.25) is 4.79 Å². The van der Waals surface area contributed by atoms with Crippen molar-refractivity contribution in [2.75, 3.05) is 24.6 Å². The number of rotatable bonds is 3. The van der Waals surface area contributed by atoms with Gasteiger partial charge in [-0.25, -0.2) is 0 Å². The predicted octanol–water partition coefficient (Wildman–Crippen LogP) is 5.23. The molecule has 144 valence electrons. The van der Waals surface area contributed by atoms with Crippen LogP contribution in [0.5, 0.6) is 0 Å². The van der Waals surface area contributed by atoms with Crippen LogP contribution in [0.15, 0.2) is 44.9 Å². The number of H-pyrrole nitrogens is 1. The molecule has 4 nitrogen and oxygen atoms in total. The third-order valence-electron chi connectivity index (χ3n) is 5.55. The molecule has 0 unspecified atom stereocenters. The number of ether oxygens (including phenoxy) is 1. The zero-order valence-electron chi connectivity index (χ0n) is 15.1. The maximum atomic E-state index is 12.6. The van der Waals surface area contributed by atoms with Gasteiger partial charge in [0.25, 0.3) is 5.56 Å². The van der Waals surface area contributed by atoms with E-state index in [1.165, 1.54) is 11.8 Å². The van der Waals surface area contributed by atoms with Crippen LogP contribution >= 0.6 is 35.0 Å². The maximum absolute atomic E-state index is 12.6. The van der Waals surface area contributed by atoms with Gasteiger partial charge in [0.1, 0.15) is 5.82 Å². The SMILES string of the molecule is C[C@H]1CC2(CCN(c3ccc(Sc4cccc(Cl)c4Cl)c(=O)[nH]3)CC2)CO1. The highest BCUT2D eigenvalue weighted by Gasteiger charge is 2.41. The Hall–Kier alpha value is -1.14. The smallest absolute Gasteiger partial charge is 0.263 e. The normalized spacial score (nSPS) is 21.7. The molecule has 2 aliphatic heterocycles. The van der Waals surface area contributed by atoms with E-state index in [2.05, 4.69) is 16.8 Å². The highest BCUT2D eigenvalue weighted by molar-refractivity contribution is 7.99. The van der Waals surface area contributed by atoms with Crippen LogP contribution in [0, 0.1) is 5.41 Å². The minimum Gasteiger partial charge on any atom is -0.378 e. The number of halogens is 2. The summed E-state index contributed by atoms with van der Waals surface area (Å²) in [5.41, 5.74) is 0.224. The lowest BCUT2D eigenvalue weighted by molar-refractivity contribution is 0.0976. The van der Waals surface area contributed by atoms with Crippen LogP contribution in [0.4, 0.5) is 5.82 Å². The topological polar surface area (TPSA) is 45.3 Å². The van der Waals surface area contributed by atoms with Crippen molar-refractivity contribution >= 4 is 40.8 Å². The van der Waals surface area contributed by atoms with Gasteiger partial charge < -0.3 is 14.6 Å². The molecule has 1 N–H and O–H groups in total. The molecule has 2 aliphatic rings. The van der Waals surface area contributed by atoms with Gasteiger partial charge in [0.2, 0.25) is 0 Å². The molecule has 2 saturated heterocycles. The van der Waals surface area contributed by atoms with Crippen molar-refractivity contribution in [3.63, 3.8) is 0 Å². The van der Waals surface area contributed by atoms with E-state index in [1.54, 1.807) is 6.07 Å². The molecule has 1 spiro atoms. The molecule has 0 saturated carbocycles. The molecule has 2 aromatic rings. The van der Waals surface area contributed by atoms with Crippen molar-refractivity contribution in [2.45, 2.75) is 42.1 Å². The molecule has 0 aliphatic carbocycles. The lowest BCUT2D eigenvalue weighted by Crippen LogP contribution is -2.41. The molecule has 3 heterocycles. The molecule has 7 heteroatoms. The van der Waals surface area contributed by atoms with Crippen molar-refractivity contribution in [3.05, 3.63) is 50.7 Å². The van der Waals surface area contributed by atoms with Gasteiger partial charge in [-0.1, -0.05) is 41.0 Å². The lowest BCUT2D eigenvalue weighted by Gasteiger charge is -2.39. The van der Waals surface area contributed by atoms with E-state index in [9.17, 15) is 4.79 Å². The lowest BCUT2D eigenvalue weighted by atomic mass is 9.77. The fourth-order valence-corrected chi connectivity index (χ4v) is 5.35. The second-order valence-electron chi connectivity index (χ2n) is 7.50. The van der Waals surface area contributed by atoms with Crippen molar-refractivity contribution in [2.24, 2.45) is 5.41 Å². The summed E-state index contributed by atoms with van der Waals surface area (Å²) in [6.45, 7) is 4.91. The minimum absolute atomic E-state index is 0.105. The molecule has 2 fully saturated rings. The monoisotopic (exact) mass is 424 g/mol. The number of piperidine rings is 1. The molecule has 0 amide bonds. The summed E-state index contributed by atoms with van der Waals surface area (Å²) in [5.74, 6) is 0.878. The first kappa shape index (κ1) is 19.2. The molecular formula is C20H22Cl2N2O2S. The number of pyridine rings is 1. The highest BCUT2D eigenvalue weighted by Crippen LogP contribution is 2.42. The number of nitrogens with zero attached hydrogens (tertiary/aromatic N) is 1. The average Bonchev–Trinajstić information content (AvgIpc) is 3.01. The minimum atomic E-state index is -0.105. The Kier molecular flexibility index (Phi) is 5.48. The van der Waals surface area contributed by atoms with E-state index in [0.717, 1.165) is 49.7 Å². The Bertz CT molecular complexity index is 894. The van der Waals surface area contributed by atoms with Crippen molar-refractivity contribution in [1.29, 1.82) is 0 Å². The van der Waals surface area contributed by atoms with E-state index < -0.39 is 0 Å². The number of benzene rings is 1. The summed E-state index contributed by atoms with van der Waals surface area (Å²) in [5, 5.41) is 0.962. The first-order valence-electron chi connectivity index (χ1n) is 9.18. The van der Waals surface area contributed by atoms with Crippen molar-refractivity contribution < 1.29 is 4.74 Å². The van der Waals surface area contributed by atoms with Crippen LogP contribution in [0.1, 0.15) is 26.2 Å². The molecular weight excluding hydrogens is 403 g/mol. The van der Waals surface area contributed by atoms with E-state index >= 15 is 0 Å². The van der Waals surface area contributed by atoms with Gasteiger partial charge in [0.05, 0.1) is 27.7 Å². The number of hydrogen-bond acceptors (Lipinski definition) is 4. The molecule has 0 radical (unpaired) electrons. The van der Waals surface area contributed by atoms with Gasteiger partial charge >= 0.3 is 0 Å². The third-order valence-corrected chi connectivity index (χ3v) is 7.59. The molecule has 4 rings (SSSR count). The van der Waals surface area contributed by atoms with Crippen LogP contribution in [-0.2, 0) is 4.74 Å². The Morgan fingerprint density at radius 2 is 1.96 bits per heavy atom. The van der Waals surface area contributed by atoms with E-state index in [4.69, 9.17) is 27.9 Å². The van der Waals surface area contributed by atoms with Gasteiger partial charge in [0, 0.05) is 18.0 Å². The largest absolute Gasteiger partial charge is 0.378 e. The first-order valence-corrected chi connectivity index (χ1v) is 10.7. The average molecular weight is 425 g/mol. The molecule has 1 aromatic heterocycles. The quantitative estimate of drug-likeness (QED) is 0.732. The van der Waals surface area contributed by atoms with Crippen LogP contribution < -0.4 is 10.5 Å². The zero-order chi connectivity index (χ0) is 19.0. The summed E-state index contributed by atoms with van der Waals surface area (Å²) >= 11 is 13.6. The summed E-state index contributed by atoms with van der Waals surface area (Å²) in [4.78, 5) is 19.2. The van der Waals surface area contributed by atoms with Crippen LogP contribution in [0.2, 0.25) is 10.0 Å². The molecule has 27 heavy (non-hydrogen) atoms. The fraction of sp³-hybridized carbons (Fsp3) is 0.450. The molecule has 1 atom stereocenters. The Labute approximate surface area is 173 Å².